The van der Waals surface area contributed by atoms with Crippen LogP contribution in [0.15, 0.2) is 71.5 Å². The fraction of sp³-hybridized carbons (Fsp3) is 0.200. The first-order valence-corrected chi connectivity index (χ1v) is 9.51. The topological polar surface area (TPSA) is 50.7 Å². The van der Waals surface area contributed by atoms with Crippen LogP contribution in [0.1, 0.15) is 18.9 Å². The summed E-state index contributed by atoms with van der Waals surface area (Å²) in [6, 6.07) is 14.1. The van der Waals surface area contributed by atoms with Gasteiger partial charge >= 0.3 is 6.36 Å². The van der Waals surface area contributed by atoms with Gasteiger partial charge in [0.1, 0.15) is 5.82 Å². The van der Waals surface area contributed by atoms with E-state index in [4.69, 9.17) is 0 Å². The molecule has 0 aromatic heterocycles. The van der Waals surface area contributed by atoms with Crippen LogP contribution in [-0.2, 0) is 15.3 Å². The van der Waals surface area contributed by atoms with Crippen LogP contribution in [0.2, 0.25) is 0 Å². The van der Waals surface area contributed by atoms with Crippen LogP contribution in [0.3, 0.4) is 0 Å². The molecule has 2 aromatic carbocycles. The third kappa shape index (κ3) is 8.39. The van der Waals surface area contributed by atoms with E-state index in [1.807, 2.05) is 30.3 Å². The lowest BCUT2D eigenvalue weighted by Crippen LogP contribution is -2.22. The van der Waals surface area contributed by atoms with E-state index < -0.39 is 23.8 Å². The summed E-state index contributed by atoms with van der Waals surface area (Å²) >= 11 is 1.35. The lowest BCUT2D eigenvalue weighted by Gasteiger charge is -2.12. The second-order valence-corrected chi connectivity index (χ2v) is 6.70. The molecule has 2 rings (SSSR count). The van der Waals surface area contributed by atoms with Crippen molar-refractivity contribution in [3.05, 3.63) is 77.9 Å². The molecule has 0 aliphatic carbocycles. The van der Waals surface area contributed by atoms with Gasteiger partial charge in [-0.25, -0.2) is 4.39 Å². The van der Waals surface area contributed by atoms with Gasteiger partial charge < -0.3 is 10.1 Å². The van der Waals surface area contributed by atoms with Crippen LogP contribution in [0, 0.1) is 5.82 Å². The van der Waals surface area contributed by atoms with Crippen molar-refractivity contribution in [3.63, 3.8) is 0 Å². The molecular formula is C20H18F4N2O2S. The zero-order valence-electron chi connectivity index (χ0n) is 15.4. The third-order valence-corrected chi connectivity index (χ3v) is 4.63. The van der Waals surface area contributed by atoms with Crippen LogP contribution in [0.25, 0.3) is 0 Å². The van der Waals surface area contributed by atoms with Crippen LogP contribution < -0.4 is 5.32 Å². The molecule has 0 spiro atoms. The summed E-state index contributed by atoms with van der Waals surface area (Å²) in [6.45, 7) is 1.80. The first-order valence-electron chi connectivity index (χ1n) is 8.53. The van der Waals surface area contributed by atoms with E-state index in [1.165, 1.54) is 23.9 Å². The molecule has 0 saturated carbocycles. The number of halogens is 4. The number of amides is 1. The SMILES string of the molecule is CC/C(=N\C=C(/OC(F)(F)F)C(=O)Nc1ccc(F)cc1)SCc1ccccc1. The largest absolute Gasteiger partial charge is 0.573 e. The van der Waals surface area contributed by atoms with Crippen molar-refractivity contribution in [1.82, 2.24) is 0 Å². The zero-order valence-corrected chi connectivity index (χ0v) is 16.2. The summed E-state index contributed by atoms with van der Waals surface area (Å²) in [6.07, 6.45) is -3.86. The van der Waals surface area contributed by atoms with E-state index in [0.29, 0.717) is 17.2 Å². The molecule has 0 aliphatic rings. The predicted octanol–water partition coefficient (Wildman–Crippen LogP) is 5.88. The van der Waals surface area contributed by atoms with Crippen LogP contribution in [-0.4, -0.2) is 17.3 Å². The first-order chi connectivity index (χ1) is 13.8. The van der Waals surface area contributed by atoms with Crippen molar-refractivity contribution in [1.29, 1.82) is 0 Å². The molecule has 9 heteroatoms. The Balaban J connectivity index is 2.15. The minimum atomic E-state index is -5.06. The molecule has 2 aromatic rings. The lowest BCUT2D eigenvalue weighted by atomic mass is 10.2. The number of nitrogens with one attached hydrogen (secondary N) is 1. The number of anilines is 1. The molecule has 0 aliphatic heterocycles. The Morgan fingerprint density at radius 1 is 1.14 bits per heavy atom. The van der Waals surface area contributed by atoms with Gasteiger partial charge in [0.15, 0.2) is 0 Å². The molecule has 0 fully saturated rings. The number of aliphatic imine (C=N–C) groups is 1. The molecule has 29 heavy (non-hydrogen) atoms. The monoisotopic (exact) mass is 426 g/mol. The van der Waals surface area contributed by atoms with Crippen molar-refractivity contribution in [2.24, 2.45) is 4.99 Å². The third-order valence-electron chi connectivity index (χ3n) is 3.43. The number of carbonyl (C=O) groups is 1. The van der Waals surface area contributed by atoms with Crippen molar-refractivity contribution in [3.8, 4) is 0 Å². The van der Waals surface area contributed by atoms with E-state index in [9.17, 15) is 22.4 Å². The number of hydrogen-bond donors (Lipinski definition) is 1. The standard InChI is InChI=1S/C20H18F4N2O2S/c1-2-18(29-13-14-6-4-3-5-7-14)25-12-17(28-20(22,23)24)19(27)26-16-10-8-15(21)9-11-16/h3-12H,2,13H2,1H3,(H,26,27)/b17-12-,25-18+. The van der Waals surface area contributed by atoms with E-state index >= 15 is 0 Å². The van der Waals surface area contributed by atoms with E-state index in [-0.39, 0.29) is 5.69 Å². The van der Waals surface area contributed by atoms with Gasteiger partial charge in [-0.1, -0.05) is 37.3 Å². The van der Waals surface area contributed by atoms with Crippen molar-refractivity contribution < 1.29 is 27.1 Å². The van der Waals surface area contributed by atoms with E-state index in [2.05, 4.69) is 15.0 Å². The smallest absolute Gasteiger partial charge is 0.398 e. The van der Waals surface area contributed by atoms with Gasteiger partial charge in [-0.05, 0) is 36.2 Å². The van der Waals surface area contributed by atoms with Gasteiger partial charge in [0, 0.05) is 11.4 Å². The van der Waals surface area contributed by atoms with E-state index in [0.717, 1.165) is 23.9 Å². The Morgan fingerprint density at radius 3 is 2.38 bits per heavy atom. The predicted molar refractivity (Wildman–Crippen MR) is 106 cm³/mol. The average molecular weight is 426 g/mol. The Kier molecular flexibility index (Phi) is 8.26. The number of nitrogens with zero attached hydrogens (tertiary/aromatic N) is 1. The van der Waals surface area contributed by atoms with Gasteiger partial charge in [0.05, 0.1) is 11.2 Å². The first kappa shape index (κ1) is 22.5. The van der Waals surface area contributed by atoms with Gasteiger partial charge in [0.25, 0.3) is 5.91 Å². The maximum Gasteiger partial charge on any atom is 0.573 e. The molecule has 0 unspecified atom stereocenters. The van der Waals surface area contributed by atoms with Gasteiger partial charge in [-0.3, -0.25) is 9.79 Å². The highest BCUT2D eigenvalue weighted by Crippen LogP contribution is 2.23. The molecule has 0 atom stereocenters. The number of rotatable bonds is 7. The fourth-order valence-electron chi connectivity index (χ4n) is 2.08. The van der Waals surface area contributed by atoms with E-state index in [1.54, 1.807) is 6.92 Å². The highest BCUT2D eigenvalue weighted by atomic mass is 32.2. The maximum atomic E-state index is 12.9. The van der Waals surface area contributed by atoms with Gasteiger partial charge in [-0.15, -0.1) is 24.9 Å². The molecule has 0 saturated heterocycles. The molecule has 4 nitrogen and oxygen atoms in total. The average Bonchev–Trinajstić information content (AvgIpc) is 2.68. The number of benzene rings is 2. The second kappa shape index (κ2) is 10.7. The van der Waals surface area contributed by atoms with Gasteiger partial charge in [0.2, 0.25) is 5.76 Å². The highest BCUT2D eigenvalue weighted by Gasteiger charge is 2.34. The number of hydrogen-bond acceptors (Lipinski definition) is 4. The Morgan fingerprint density at radius 2 is 1.79 bits per heavy atom. The van der Waals surface area contributed by atoms with Crippen LogP contribution in [0.4, 0.5) is 23.2 Å². The molecule has 0 heterocycles. The maximum absolute atomic E-state index is 12.9. The molecule has 0 bridgehead atoms. The summed E-state index contributed by atoms with van der Waals surface area (Å²) in [4.78, 5) is 16.2. The van der Waals surface area contributed by atoms with Crippen molar-refractivity contribution in [2.75, 3.05) is 5.32 Å². The normalized spacial score (nSPS) is 12.6. The summed E-state index contributed by atoms with van der Waals surface area (Å²) in [5.41, 5.74) is 1.15. The fourth-order valence-corrected chi connectivity index (χ4v) is 2.94. The highest BCUT2D eigenvalue weighted by molar-refractivity contribution is 8.13. The molecule has 1 amide bonds. The molecule has 1 N–H and O–H groups in total. The number of ether oxygens (including phenoxy) is 1. The van der Waals surface area contributed by atoms with Crippen LogP contribution in [0.5, 0.6) is 0 Å². The quantitative estimate of drug-likeness (QED) is 0.198. The van der Waals surface area contributed by atoms with Gasteiger partial charge in [-0.2, -0.15) is 0 Å². The second-order valence-electron chi connectivity index (χ2n) is 5.65. The Labute approximate surface area is 169 Å². The zero-order chi connectivity index (χ0) is 21.3. The van der Waals surface area contributed by atoms with Crippen molar-refractivity contribution in [2.45, 2.75) is 25.5 Å². The Hall–Kier alpha value is -2.81. The number of thioether (sulfide) groups is 1. The number of carbonyl (C=O) groups excluding carboxylic acids is 1. The molecular weight excluding hydrogens is 408 g/mol. The summed E-state index contributed by atoms with van der Waals surface area (Å²) in [5.74, 6) is -2.13. The molecule has 0 radical (unpaired) electrons. The summed E-state index contributed by atoms with van der Waals surface area (Å²) in [7, 11) is 0. The summed E-state index contributed by atoms with van der Waals surface area (Å²) in [5, 5.41) is 2.75. The minimum absolute atomic E-state index is 0.117. The number of alkyl halides is 3. The summed E-state index contributed by atoms with van der Waals surface area (Å²) < 4.78 is 54.8. The lowest BCUT2D eigenvalue weighted by molar-refractivity contribution is -0.304. The Bertz CT molecular complexity index is 866. The van der Waals surface area contributed by atoms with Crippen LogP contribution >= 0.6 is 11.8 Å². The molecule has 154 valence electrons. The van der Waals surface area contributed by atoms with Crippen molar-refractivity contribution >= 4 is 28.4 Å². The minimum Gasteiger partial charge on any atom is -0.398 e.